The van der Waals surface area contributed by atoms with Gasteiger partial charge in [0.1, 0.15) is 10.1 Å². The van der Waals surface area contributed by atoms with Crippen LogP contribution < -0.4 is 0 Å². The van der Waals surface area contributed by atoms with Crippen LogP contribution in [0.5, 0.6) is 0 Å². The number of nitrogens with zero attached hydrogens (tertiary/aromatic N) is 1. The van der Waals surface area contributed by atoms with Crippen LogP contribution in [0.2, 0.25) is 0 Å². The Morgan fingerprint density at radius 3 is 2.40 bits per heavy atom. The number of carbonyl (C=O) groups excluding carboxylic acids is 1. The third kappa shape index (κ3) is 4.14. The molecule has 1 amide bonds. The number of thioether (sulfide) groups is 1. The maximum absolute atomic E-state index is 12.7. The smallest absolute Gasteiger partial charge is 0.290 e. The van der Waals surface area contributed by atoms with Gasteiger partial charge in [0.25, 0.3) is 12.4 Å². The molecule has 0 aliphatic carbocycles. The minimum atomic E-state index is -0.289. The predicted octanol–water partition coefficient (Wildman–Crippen LogP) is 2.75. The molecule has 1 aliphatic rings. The number of likely N-dealkylation sites (N-methyl/N-ethyl adjacent to an activating group) is 1. The van der Waals surface area contributed by atoms with Crippen molar-refractivity contribution < 1.29 is 19.1 Å². The van der Waals surface area contributed by atoms with E-state index >= 15 is 0 Å². The highest BCUT2D eigenvalue weighted by Gasteiger charge is 2.30. The summed E-state index contributed by atoms with van der Waals surface area (Å²) in [4.78, 5) is 22.4. The molecule has 0 aromatic heterocycles. The molecule has 0 bridgehead atoms. The van der Waals surface area contributed by atoms with E-state index in [2.05, 4.69) is 0 Å². The van der Waals surface area contributed by atoms with Crippen molar-refractivity contribution in [3.63, 3.8) is 0 Å². The van der Waals surface area contributed by atoms with Gasteiger partial charge in [0.05, 0.1) is 4.91 Å². The molecule has 1 saturated heterocycles. The quantitative estimate of drug-likeness (QED) is 0.517. The van der Waals surface area contributed by atoms with Gasteiger partial charge in [-0.1, -0.05) is 36.1 Å². The lowest BCUT2D eigenvalue weighted by Crippen LogP contribution is -2.27. The minimum Gasteiger partial charge on any atom is -0.483 e. The number of thiocarbonyl (C=S) groups is 1. The van der Waals surface area contributed by atoms with E-state index in [0.717, 1.165) is 5.56 Å². The van der Waals surface area contributed by atoms with Gasteiger partial charge in [0.15, 0.2) is 0 Å². The van der Waals surface area contributed by atoms with Crippen molar-refractivity contribution in [2.45, 2.75) is 6.92 Å². The highest BCUT2D eigenvalue weighted by Crippen LogP contribution is 2.32. The summed E-state index contributed by atoms with van der Waals surface area (Å²) in [7, 11) is 0. The molecular formula is C13H12FNO3S2. The van der Waals surface area contributed by atoms with Crippen LogP contribution in [0.3, 0.4) is 0 Å². The van der Waals surface area contributed by atoms with Gasteiger partial charge in [-0.15, -0.1) is 0 Å². The molecule has 1 aromatic rings. The Morgan fingerprint density at radius 2 is 1.95 bits per heavy atom. The first-order chi connectivity index (χ1) is 9.53. The summed E-state index contributed by atoms with van der Waals surface area (Å²) >= 11 is 6.38. The molecular weight excluding hydrogens is 301 g/mol. The van der Waals surface area contributed by atoms with Gasteiger partial charge in [-0.2, -0.15) is 0 Å². The predicted molar refractivity (Wildman–Crippen MR) is 80.6 cm³/mol. The van der Waals surface area contributed by atoms with Crippen molar-refractivity contribution in [1.29, 1.82) is 0 Å². The molecule has 20 heavy (non-hydrogen) atoms. The average Bonchev–Trinajstić information content (AvgIpc) is 2.68. The van der Waals surface area contributed by atoms with E-state index in [1.165, 1.54) is 23.9 Å². The lowest BCUT2D eigenvalue weighted by atomic mass is 10.2. The minimum absolute atomic E-state index is 0.0770. The number of hydrogen-bond donors (Lipinski definition) is 1. The van der Waals surface area contributed by atoms with E-state index in [9.17, 15) is 9.18 Å². The molecule has 0 spiro atoms. The summed E-state index contributed by atoms with van der Waals surface area (Å²) in [6, 6.07) is 6.00. The van der Waals surface area contributed by atoms with Crippen molar-refractivity contribution in [2.75, 3.05) is 6.54 Å². The van der Waals surface area contributed by atoms with E-state index in [0.29, 0.717) is 15.8 Å². The zero-order chi connectivity index (χ0) is 15.1. The summed E-state index contributed by atoms with van der Waals surface area (Å²) in [5.41, 5.74) is 0.794. The van der Waals surface area contributed by atoms with Crippen LogP contribution in [0.1, 0.15) is 12.5 Å². The van der Waals surface area contributed by atoms with E-state index < -0.39 is 0 Å². The molecule has 1 N–H and O–H groups in total. The zero-order valence-corrected chi connectivity index (χ0v) is 12.2. The first kappa shape index (κ1) is 16.3. The largest absolute Gasteiger partial charge is 0.483 e. The van der Waals surface area contributed by atoms with Gasteiger partial charge in [0, 0.05) is 6.54 Å². The number of rotatable bonds is 2. The topological polar surface area (TPSA) is 57.6 Å². The third-order valence-corrected chi connectivity index (χ3v) is 3.74. The van der Waals surface area contributed by atoms with E-state index in [1.54, 1.807) is 23.1 Å². The Kier molecular flexibility index (Phi) is 6.33. The Morgan fingerprint density at radius 1 is 1.40 bits per heavy atom. The second-order valence-electron chi connectivity index (χ2n) is 3.58. The van der Waals surface area contributed by atoms with Crippen LogP contribution in [0.15, 0.2) is 29.2 Å². The summed E-state index contributed by atoms with van der Waals surface area (Å²) < 4.78 is 13.3. The van der Waals surface area contributed by atoms with Gasteiger partial charge in [-0.25, -0.2) is 4.39 Å². The number of amides is 1. The second-order valence-corrected chi connectivity index (χ2v) is 5.26. The maximum atomic E-state index is 12.7. The molecule has 2 rings (SSSR count). The first-order valence-electron chi connectivity index (χ1n) is 5.62. The van der Waals surface area contributed by atoms with Crippen LogP contribution in [0.4, 0.5) is 4.39 Å². The Bertz CT molecular complexity index is 543. The van der Waals surface area contributed by atoms with E-state index in [-0.39, 0.29) is 18.2 Å². The van der Waals surface area contributed by atoms with Crippen molar-refractivity contribution in [3.8, 4) is 0 Å². The number of hydrogen-bond acceptors (Lipinski definition) is 4. The number of carboxylic acid groups (broad SMARTS) is 1. The standard InChI is InChI=1S/C12H10FNOS2.CH2O2/c1-2-14-11(15)10(17-12(14)16)7-8-3-5-9(13)6-4-8;2-1-3/h3-7H,2H2,1H3;1H,(H,2,3)/b10-7+;. The Hall–Kier alpha value is -1.73. The maximum Gasteiger partial charge on any atom is 0.290 e. The average molecular weight is 313 g/mol. The lowest BCUT2D eigenvalue weighted by Gasteiger charge is -2.09. The molecule has 7 heteroatoms. The second kappa shape index (κ2) is 7.76. The van der Waals surface area contributed by atoms with Crippen LogP contribution in [0, 0.1) is 5.82 Å². The van der Waals surface area contributed by atoms with Gasteiger partial charge >= 0.3 is 0 Å². The van der Waals surface area contributed by atoms with Gasteiger partial charge in [-0.3, -0.25) is 14.5 Å². The summed E-state index contributed by atoms with van der Waals surface area (Å²) in [5, 5.41) is 6.89. The number of halogens is 1. The number of carbonyl (C=O) groups is 2. The van der Waals surface area contributed by atoms with Crippen LogP contribution in [-0.4, -0.2) is 33.3 Å². The molecule has 0 saturated carbocycles. The molecule has 4 nitrogen and oxygen atoms in total. The monoisotopic (exact) mass is 313 g/mol. The Labute approximate surface area is 125 Å². The molecule has 1 heterocycles. The summed E-state index contributed by atoms with van der Waals surface area (Å²) in [6.45, 7) is 2.21. The molecule has 106 valence electrons. The summed E-state index contributed by atoms with van der Waals surface area (Å²) in [6.07, 6.45) is 1.73. The molecule has 0 atom stereocenters. The Balaban J connectivity index is 0.000000612. The van der Waals surface area contributed by atoms with Crippen molar-refractivity contribution >= 4 is 46.8 Å². The fourth-order valence-electron chi connectivity index (χ4n) is 1.48. The van der Waals surface area contributed by atoms with Crippen LogP contribution in [-0.2, 0) is 9.59 Å². The fourth-order valence-corrected chi connectivity index (χ4v) is 2.87. The lowest BCUT2D eigenvalue weighted by molar-refractivity contribution is -0.123. The molecule has 1 fully saturated rings. The van der Waals surface area contributed by atoms with Crippen LogP contribution >= 0.6 is 24.0 Å². The van der Waals surface area contributed by atoms with Crippen molar-refractivity contribution in [2.24, 2.45) is 0 Å². The number of benzene rings is 1. The molecule has 1 aliphatic heterocycles. The van der Waals surface area contributed by atoms with Gasteiger partial charge in [0.2, 0.25) is 0 Å². The fraction of sp³-hybridized carbons (Fsp3) is 0.154. The highest BCUT2D eigenvalue weighted by molar-refractivity contribution is 8.26. The van der Waals surface area contributed by atoms with E-state index in [1.807, 2.05) is 6.92 Å². The normalized spacial score (nSPS) is 16.1. The summed E-state index contributed by atoms with van der Waals surface area (Å²) in [5.74, 6) is -0.366. The first-order valence-corrected chi connectivity index (χ1v) is 6.84. The van der Waals surface area contributed by atoms with Crippen molar-refractivity contribution in [3.05, 3.63) is 40.6 Å². The van der Waals surface area contributed by atoms with Crippen molar-refractivity contribution in [1.82, 2.24) is 4.90 Å². The van der Waals surface area contributed by atoms with E-state index in [4.69, 9.17) is 22.1 Å². The molecule has 0 radical (unpaired) electrons. The SMILES string of the molecule is CCN1C(=O)/C(=C\c2ccc(F)cc2)SC1=S.O=CO. The zero-order valence-electron chi connectivity index (χ0n) is 10.6. The van der Waals surface area contributed by atoms with Crippen LogP contribution in [0.25, 0.3) is 6.08 Å². The third-order valence-electron chi connectivity index (χ3n) is 2.36. The highest BCUT2D eigenvalue weighted by atomic mass is 32.2. The van der Waals surface area contributed by atoms with Gasteiger partial charge in [-0.05, 0) is 30.7 Å². The van der Waals surface area contributed by atoms with Gasteiger partial charge < -0.3 is 5.11 Å². The molecule has 0 unspecified atom stereocenters. The molecule has 1 aromatic carbocycles.